The molecule has 100 valence electrons. The van der Waals surface area contributed by atoms with Crippen LogP contribution in [0, 0.1) is 0 Å². The van der Waals surface area contributed by atoms with Crippen LogP contribution in [0.1, 0.15) is 28.0 Å². The first-order valence-corrected chi connectivity index (χ1v) is 7.12. The zero-order chi connectivity index (χ0) is 13.7. The summed E-state index contributed by atoms with van der Waals surface area (Å²) in [6.07, 6.45) is 4.36. The molecule has 2 heterocycles. The van der Waals surface area contributed by atoms with Gasteiger partial charge in [-0.3, -0.25) is 9.78 Å². The topological polar surface area (TPSA) is 46.1 Å². The highest BCUT2D eigenvalue weighted by Gasteiger charge is 2.12. The van der Waals surface area contributed by atoms with Crippen LogP contribution in [-0.4, -0.2) is 29.8 Å². The number of pyridine rings is 1. The number of likely N-dealkylation sites (N-methyl/N-ethyl adjacent to an activating group) is 1. The van der Waals surface area contributed by atoms with Crippen molar-refractivity contribution in [3.05, 3.63) is 40.7 Å². The number of aryl methyl sites for hydroxylation is 1. The van der Waals surface area contributed by atoms with Gasteiger partial charge in [0.25, 0.3) is 0 Å². The number of thiazole rings is 1. The van der Waals surface area contributed by atoms with Gasteiger partial charge in [-0.1, -0.05) is 24.3 Å². The Morgan fingerprint density at radius 2 is 2.26 bits per heavy atom. The standard InChI is InChI=1S/C14H17N3OS/c1-3-12-13(10-18)19-14(16-12)17(2)9-7-11-6-4-5-8-15-11/h4-6,8,10H,3,7,9H2,1-2H3. The Hall–Kier alpha value is -1.75. The van der Waals surface area contributed by atoms with E-state index in [4.69, 9.17) is 0 Å². The number of nitrogens with zero attached hydrogens (tertiary/aromatic N) is 3. The average Bonchev–Trinajstić information content (AvgIpc) is 2.89. The molecule has 0 saturated heterocycles. The summed E-state index contributed by atoms with van der Waals surface area (Å²) in [7, 11) is 2.00. The van der Waals surface area contributed by atoms with Crippen molar-refractivity contribution in [2.45, 2.75) is 19.8 Å². The van der Waals surface area contributed by atoms with E-state index in [0.29, 0.717) is 0 Å². The molecule has 0 N–H and O–H groups in total. The molecule has 2 aromatic rings. The summed E-state index contributed by atoms with van der Waals surface area (Å²) in [5.74, 6) is 0. The van der Waals surface area contributed by atoms with Gasteiger partial charge in [-0.05, 0) is 18.6 Å². The molecule has 4 nitrogen and oxygen atoms in total. The third-order valence-electron chi connectivity index (χ3n) is 2.91. The van der Waals surface area contributed by atoms with E-state index in [1.807, 2.05) is 32.2 Å². The molecule has 0 aliphatic heterocycles. The van der Waals surface area contributed by atoms with E-state index in [-0.39, 0.29) is 0 Å². The molecule has 5 heteroatoms. The van der Waals surface area contributed by atoms with Gasteiger partial charge in [0.1, 0.15) is 0 Å². The summed E-state index contributed by atoms with van der Waals surface area (Å²) in [4.78, 5) is 22.6. The lowest BCUT2D eigenvalue weighted by atomic mass is 10.2. The molecule has 0 radical (unpaired) electrons. The van der Waals surface area contributed by atoms with Crippen LogP contribution in [0.25, 0.3) is 0 Å². The largest absolute Gasteiger partial charge is 0.351 e. The Morgan fingerprint density at radius 1 is 1.42 bits per heavy atom. The molecule has 0 atom stereocenters. The van der Waals surface area contributed by atoms with Gasteiger partial charge in [-0.2, -0.15) is 0 Å². The molecule has 0 unspecified atom stereocenters. The SMILES string of the molecule is CCc1nc(N(C)CCc2ccccn2)sc1C=O. The van der Waals surface area contributed by atoms with Crippen molar-refractivity contribution in [1.29, 1.82) is 0 Å². The molecule has 0 spiro atoms. The maximum Gasteiger partial charge on any atom is 0.185 e. The summed E-state index contributed by atoms with van der Waals surface area (Å²) in [5, 5.41) is 0.898. The molecule has 0 bridgehead atoms. The van der Waals surface area contributed by atoms with Crippen LogP contribution in [0.2, 0.25) is 0 Å². The van der Waals surface area contributed by atoms with Gasteiger partial charge >= 0.3 is 0 Å². The van der Waals surface area contributed by atoms with Crippen LogP contribution in [0.3, 0.4) is 0 Å². The van der Waals surface area contributed by atoms with Crippen molar-refractivity contribution in [1.82, 2.24) is 9.97 Å². The smallest absolute Gasteiger partial charge is 0.185 e. The van der Waals surface area contributed by atoms with Crippen molar-refractivity contribution in [3.8, 4) is 0 Å². The molecule has 0 aromatic carbocycles. The van der Waals surface area contributed by atoms with Gasteiger partial charge in [0.15, 0.2) is 11.4 Å². The summed E-state index contributed by atoms with van der Waals surface area (Å²) in [6.45, 7) is 2.85. The molecular weight excluding hydrogens is 258 g/mol. The molecule has 0 aliphatic rings. The molecule has 0 saturated carbocycles. The highest BCUT2D eigenvalue weighted by molar-refractivity contribution is 7.17. The predicted octanol–water partition coefficient (Wildman–Crippen LogP) is 2.59. The van der Waals surface area contributed by atoms with Crippen LogP contribution >= 0.6 is 11.3 Å². The van der Waals surface area contributed by atoms with E-state index in [1.54, 1.807) is 6.20 Å². The van der Waals surface area contributed by atoms with Gasteiger partial charge in [-0.15, -0.1) is 0 Å². The second kappa shape index (κ2) is 6.43. The number of aldehydes is 1. The lowest BCUT2D eigenvalue weighted by molar-refractivity contribution is 0.112. The first-order valence-electron chi connectivity index (χ1n) is 6.30. The number of hydrogen-bond acceptors (Lipinski definition) is 5. The van der Waals surface area contributed by atoms with E-state index < -0.39 is 0 Å². The Labute approximate surface area is 117 Å². The first kappa shape index (κ1) is 13.7. The Balaban J connectivity index is 2.01. The second-order valence-corrected chi connectivity index (χ2v) is 5.28. The van der Waals surface area contributed by atoms with Gasteiger partial charge < -0.3 is 4.90 Å². The maximum atomic E-state index is 10.9. The molecule has 0 fully saturated rings. The molecule has 19 heavy (non-hydrogen) atoms. The van der Waals surface area contributed by atoms with E-state index in [9.17, 15) is 4.79 Å². The Morgan fingerprint density at radius 3 is 2.84 bits per heavy atom. The second-order valence-electron chi connectivity index (χ2n) is 4.27. The average molecular weight is 275 g/mol. The van der Waals surface area contributed by atoms with E-state index in [2.05, 4.69) is 14.9 Å². The van der Waals surface area contributed by atoms with E-state index in [0.717, 1.165) is 47.1 Å². The fraction of sp³-hybridized carbons (Fsp3) is 0.357. The molecule has 0 amide bonds. The minimum atomic E-state index is 0.738. The summed E-state index contributed by atoms with van der Waals surface area (Å²) in [5.41, 5.74) is 1.96. The minimum Gasteiger partial charge on any atom is -0.351 e. The zero-order valence-electron chi connectivity index (χ0n) is 11.2. The molecule has 2 aromatic heterocycles. The van der Waals surface area contributed by atoms with Crippen LogP contribution < -0.4 is 4.90 Å². The van der Waals surface area contributed by atoms with Crippen molar-refractivity contribution >= 4 is 22.8 Å². The number of hydrogen-bond donors (Lipinski definition) is 0. The number of aromatic nitrogens is 2. The van der Waals surface area contributed by atoms with Gasteiger partial charge in [0.2, 0.25) is 0 Å². The fourth-order valence-corrected chi connectivity index (χ4v) is 2.74. The number of anilines is 1. The van der Waals surface area contributed by atoms with Crippen LogP contribution in [0.4, 0.5) is 5.13 Å². The number of rotatable bonds is 6. The van der Waals surface area contributed by atoms with Crippen molar-refractivity contribution in [2.75, 3.05) is 18.5 Å². The molecule has 2 rings (SSSR count). The molecular formula is C14H17N3OS. The zero-order valence-corrected chi connectivity index (χ0v) is 12.0. The third-order valence-corrected chi connectivity index (χ3v) is 4.05. The van der Waals surface area contributed by atoms with Crippen LogP contribution in [0.15, 0.2) is 24.4 Å². The molecule has 0 aliphatic carbocycles. The van der Waals surface area contributed by atoms with E-state index in [1.165, 1.54) is 11.3 Å². The van der Waals surface area contributed by atoms with Crippen molar-refractivity contribution in [2.24, 2.45) is 0 Å². The summed E-state index contributed by atoms with van der Waals surface area (Å²) >= 11 is 1.45. The van der Waals surface area contributed by atoms with Crippen molar-refractivity contribution < 1.29 is 4.79 Å². The van der Waals surface area contributed by atoms with Crippen molar-refractivity contribution in [3.63, 3.8) is 0 Å². The van der Waals surface area contributed by atoms with E-state index >= 15 is 0 Å². The number of carbonyl (C=O) groups is 1. The highest BCUT2D eigenvalue weighted by Crippen LogP contribution is 2.24. The first-order chi connectivity index (χ1) is 9.24. The lowest BCUT2D eigenvalue weighted by Crippen LogP contribution is -2.20. The summed E-state index contributed by atoms with van der Waals surface area (Å²) < 4.78 is 0. The van der Waals surface area contributed by atoms with Gasteiger partial charge in [0, 0.05) is 31.9 Å². The maximum absolute atomic E-state index is 10.9. The Kier molecular flexibility index (Phi) is 4.63. The third kappa shape index (κ3) is 3.38. The van der Waals surface area contributed by atoms with Crippen LogP contribution in [0.5, 0.6) is 0 Å². The Bertz CT molecular complexity index is 539. The van der Waals surface area contributed by atoms with Gasteiger partial charge in [0.05, 0.1) is 10.6 Å². The lowest BCUT2D eigenvalue weighted by Gasteiger charge is -2.14. The quantitative estimate of drug-likeness (QED) is 0.760. The van der Waals surface area contributed by atoms with Gasteiger partial charge in [-0.25, -0.2) is 4.98 Å². The predicted molar refractivity (Wildman–Crippen MR) is 78.1 cm³/mol. The van der Waals surface area contributed by atoms with Crippen LogP contribution in [-0.2, 0) is 12.8 Å². The highest BCUT2D eigenvalue weighted by atomic mass is 32.1. The normalized spacial score (nSPS) is 10.4. The summed E-state index contributed by atoms with van der Waals surface area (Å²) in [6, 6.07) is 5.92. The fourth-order valence-electron chi connectivity index (χ4n) is 1.78. The monoisotopic (exact) mass is 275 g/mol. The number of carbonyl (C=O) groups excluding carboxylic acids is 1. The minimum absolute atomic E-state index is 0.738.